The van der Waals surface area contributed by atoms with Crippen LogP contribution in [0.2, 0.25) is 0 Å². The van der Waals surface area contributed by atoms with Gasteiger partial charge in [0.25, 0.3) is 5.91 Å². The highest BCUT2D eigenvalue weighted by molar-refractivity contribution is 6.10. The molecule has 0 saturated carbocycles. The highest BCUT2D eigenvalue weighted by atomic mass is 16.1. The van der Waals surface area contributed by atoms with E-state index in [0.29, 0.717) is 5.69 Å². The molecule has 0 bridgehead atoms. The zero-order valence-corrected chi connectivity index (χ0v) is 11.0. The highest BCUT2D eigenvalue weighted by Crippen LogP contribution is 2.16. The maximum atomic E-state index is 12.3. The summed E-state index contributed by atoms with van der Waals surface area (Å²) in [7, 11) is 0. The van der Waals surface area contributed by atoms with Crippen molar-refractivity contribution in [2.24, 2.45) is 0 Å². The molecule has 20 heavy (non-hydrogen) atoms. The van der Waals surface area contributed by atoms with Crippen molar-refractivity contribution < 1.29 is 4.79 Å². The standard InChI is InChI=1S/C16H13N3O/c1-11-5-4-6-12(9-11)19-16(20)15-13-7-2-3-8-14(13)17-10-18-15/h2-10H,1H3,(H,19,20). The van der Waals surface area contributed by atoms with E-state index in [2.05, 4.69) is 15.3 Å². The number of aromatic nitrogens is 2. The third-order valence-corrected chi connectivity index (χ3v) is 3.03. The summed E-state index contributed by atoms with van der Waals surface area (Å²) in [5.41, 5.74) is 3.00. The third-order valence-electron chi connectivity index (χ3n) is 3.03. The Bertz CT molecular complexity index is 778. The fourth-order valence-corrected chi connectivity index (χ4v) is 2.10. The Morgan fingerprint density at radius 2 is 1.90 bits per heavy atom. The van der Waals surface area contributed by atoms with E-state index in [9.17, 15) is 4.79 Å². The number of hydrogen-bond acceptors (Lipinski definition) is 3. The lowest BCUT2D eigenvalue weighted by Gasteiger charge is -2.07. The number of hydrogen-bond donors (Lipinski definition) is 1. The second kappa shape index (κ2) is 5.09. The largest absolute Gasteiger partial charge is 0.321 e. The van der Waals surface area contributed by atoms with Crippen LogP contribution >= 0.6 is 0 Å². The third kappa shape index (κ3) is 2.36. The van der Waals surface area contributed by atoms with Crippen molar-refractivity contribution >= 4 is 22.5 Å². The maximum absolute atomic E-state index is 12.3. The molecule has 4 heteroatoms. The van der Waals surface area contributed by atoms with Gasteiger partial charge in [0, 0.05) is 11.1 Å². The maximum Gasteiger partial charge on any atom is 0.275 e. The average Bonchev–Trinajstić information content (AvgIpc) is 2.46. The summed E-state index contributed by atoms with van der Waals surface area (Å²) in [6.07, 6.45) is 1.41. The summed E-state index contributed by atoms with van der Waals surface area (Å²) in [5, 5.41) is 3.61. The number of benzene rings is 2. The van der Waals surface area contributed by atoms with E-state index in [1.165, 1.54) is 6.33 Å². The lowest BCUT2D eigenvalue weighted by atomic mass is 10.1. The minimum absolute atomic E-state index is 0.228. The summed E-state index contributed by atoms with van der Waals surface area (Å²) in [5.74, 6) is -0.228. The van der Waals surface area contributed by atoms with Gasteiger partial charge in [0.15, 0.2) is 0 Å². The first kappa shape index (κ1) is 12.3. The van der Waals surface area contributed by atoms with Crippen LogP contribution in [-0.4, -0.2) is 15.9 Å². The average molecular weight is 263 g/mol. The first-order valence-electron chi connectivity index (χ1n) is 6.32. The van der Waals surface area contributed by atoms with Gasteiger partial charge in [0.2, 0.25) is 0 Å². The first-order valence-corrected chi connectivity index (χ1v) is 6.32. The molecular formula is C16H13N3O. The van der Waals surface area contributed by atoms with Crippen LogP contribution < -0.4 is 5.32 Å². The van der Waals surface area contributed by atoms with E-state index in [4.69, 9.17) is 0 Å². The van der Waals surface area contributed by atoms with Crippen molar-refractivity contribution in [3.63, 3.8) is 0 Å². The van der Waals surface area contributed by atoms with Gasteiger partial charge in [-0.15, -0.1) is 0 Å². The van der Waals surface area contributed by atoms with E-state index < -0.39 is 0 Å². The molecule has 0 aliphatic carbocycles. The molecule has 0 fully saturated rings. The Hall–Kier alpha value is -2.75. The number of nitrogens with one attached hydrogen (secondary N) is 1. The normalized spacial score (nSPS) is 10.4. The Morgan fingerprint density at radius 1 is 1.05 bits per heavy atom. The van der Waals surface area contributed by atoms with Gasteiger partial charge in [-0.2, -0.15) is 0 Å². The number of amides is 1. The van der Waals surface area contributed by atoms with Gasteiger partial charge >= 0.3 is 0 Å². The molecule has 0 radical (unpaired) electrons. The number of carbonyl (C=O) groups excluding carboxylic acids is 1. The van der Waals surface area contributed by atoms with Crippen molar-refractivity contribution in [1.82, 2.24) is 9.97 Å². The molecule has 0 aliphatic rings. The molecule has 0 spiro atoms. The monoisotopic (exact) mass is 263 g/mol. The highest BCUT2D eigenvalue weighted by Gasteiger charge is 2.12. The van der Waals surface area contributed by atoms with Crippen molar-refractivity contribution in [3.05, 3.63) is 66.1 Å². The number of anilines is 1. The van der Waals surface area contributed by atoms with Crippen LogP contribution in [0.4, 0.5) is 5.69 Å². The first-order chi connectivity index (χ1) is 9.74. The number of aryl methyl sites for hydroxylation is 1. The van der Waals surface area contributed by atoms with Crippen LogP contribution in [-0.2, 0) is 0 Å². The van der Waals surface area contributed by atoms with E-state index >= 15 is 0 Å². The number of rotatable bonds is 2. The topological polar surface area (TPSA) is 54.9 Å². The minimum Gasteiger partial charge on any atom is -0.321 e. The molecule has 0 unspecified atom stereocenters. The van der Waals surface area contributed by atoms with Crippen molar-refractivity contribution in [1.29, 1.82) is 0 Å². The fraction of sp³-hybridized carbons (Fsp3) is 0.0625. The molecule has 98 valence electrons. The van der Waals surface area contributed by atoms with Crippen LogP contribution in [0, 0.1) is 6.92 Å². The predicted octanol–water partition coefficient (Wildman–Crippen LogP) is 3.19. The Morgan fingerprint density at radius 3 is 2.75 bits per heavy atom. The van der Waals surface area contributed by atoms with Gasteiger partial charge in [0.05, 0.1) is 5.52 Å². The van der Waals surface area contributed by atoms with Crippen LogP contribution in [0.25, 0.3) is 10.9 Å². The summed E-state index contributed by atoms with van der Waals surface area (Å²) in [4.78, 5) is 20.6. The molecule has 1 aromatic heterocycles. The van der Waals surface area contributed by atoms with Crippen LogP contribution in [0.15, 0.2) is 54.9 Å². The molecule has 0 saturated heterocycles. The number of fused-ring (bicyclic) bond motifs is 1. The minimum atomic E-state index is -0.228. The number of nitrogens with zero attached hydrogens (tertiary/aromatic N) is 2. The molecule has 1 heterocycles. The summed E-state index contributed by atoms with van der Waals surface area (Å²) < 4.78 is 0. The number of carbonyl (C=O) groups is 1. The summed E-state index contributed by atoms with van der Waals surface area (Å²) >= 11 is 0. The smallest absolute Gasteiger partial charge is 0.275 e. The molecule has 3 aromatic rings. The summed E-state index contributed by atoms with van der Waals surface area (Å²) in [6, 6.07) is 15.1. The fourth-order valence-electron chi connectivity index (χ4n) is 2.10. The molecule has 1 N–H and O–H groups in total. The quantitative estimate of drug-likeness (QED) is 0.772. The van der Waals surface area contributed by atoms with Crippen molar-refractivity contribution in [2.45, 2.75) is 6.92 Å². The molecular weight excluding hydrogens is 250 g/mol. The van der Waals surface area contributed by atoms with Gasteiger partial charge in [0.1, 0.15) is 12.0 Å². The summed E-state index contributed by atoms with van der Waals surface area (Å²) in [6.45, 7) is 1.98. The van der Waals surface area contributed by atoms with Crippen LogP contribution in [0.3, 0.4) is 0 Å². The van der Waals surface area contributed by atoms with Gasteiger partial charge in [-0.25, -0.2) is 9.97 Å². The van der Waals surface area contributed by atoms with E-state index in [-0.39, 0.29) is 5.91 Å². The lowest BCUT2D eigenvalue weighted by Crippen LogP contribution is -2.14. The van der Waals surface area contributed by atoms with Crippen molar-refractivity contribution in [2.75, 3.05) is 5.32 Å². The number of para-hydroxylation sites is 1. The van der Waals surface area contributed by atoms with E-state index in [1.807, 2.05) is 55.5 Å². The van der Waals surface area contributed by atoms with E-state index in [1.54, 1.807) is 0 Å². The molecule has 3 rings (SSSR count). The zero-order chi connectivity index (χ0) is 13.9. The van der Waals surface area contributed by atoms with Gasteiger partial charge in [-0.3, -0.25) is 4.79 Å². The van der Waals surface area contributed by atoms with Crippen LogP contribution in [0.5, 0.6) is 0 Å². The molecule has 2 aromatic carbocycles. The Labute approximate surface area is 116 Å². The molecule has 0 aliphatic heterocycles. The molecule has 0 atom stereocenters. The zero-order valence-electron chi connectivity index (χ0n) is 11.0. The van der Waals surface area contributed by atoms with E-state index in [0.717, 1.165) is 22.2 Å². The molecule has 1 amide bonds. The predicted molar refractivity (Wildman–Crippen MR) is 78.7 cm³/mol. The van der Waals surface area contributed by atoms with Gasteiger partial charge in [-0.1, -0.05) is 30.3 Å². The molecule has 4 nitrogen and oxygen atoms in total. The van der Waals surface area contributed by atoms with Crippen LogP contribution in [0.1, 0.15) is 16.1 Å². The Balaban J connectivity index is 1.97. The second-order valence-electron chi connectivity index (χ2n) is 4.56. The van der Waals surface area contributed by atoms with Gasteiger partial charge in [-0.05, 0) is 30.7 Å². The van der Waals surface area contributed by atoms with Gasteiger partial charge < -0.3 is 5.32 Å². The second-order valence-corrected chi connectivity index (χ2v) is 4.56. The lowest BCUT2D eigenvalue weighted by molar-refractivity contribution is 0.102. The van der Waals surface area contributed by atoms with Crippen molar-refractivity contribution in [3.8, 4) is 0 Å². The SMILES string of the molecule is Cc1cccc(NC(=O)c2ncnc3ccccc23)c1. The Kier molecular flexibility index (Phi) is 3.13.